The predicted octanol–water partition coefficient (Wildman–Crippen LogP) is 2.43. The van der Waals surface area contributed by atoms with Gasteiger partial charge in [0.05, 0.1) is 19.3 Å². The van der Waals surface area contributed by atoms with E-state index in [1.807, 2.05) is 60.7 Å². The molecule has 0 spiro atoms. The van der Waals surface area contributed by atoms with E-state index >= 15 is 0 Å². The summed E-state index contributed by atoms with van der Waals surface area (Å²) in [4.78, 5) is 44.1. The first-order valence-corrected chi connectivity index (χ1v) is 11.4. The molecule has 0 aliphatic carbocycles. The summed E-state index contributed by atoms with van der Waals surface area (Å²) in [5, 5.41) is 2.92. The number of amides is 2. The molecule has 1 fully saturated rings. The SMILES string of the molecule is NOC(=O)C=CC(CCc1ccccc1)C(=O)C(Cc1ccccc1)NC(=O)N1CCOCC1. The topological polar surface area (TPSA) is 111 Å². The molecule has 0 bridgehead atoms. The van der Waals surface area contributed by atoms with E-state index in [2.05, 4.69) is 10.2 Å². The number of ether oxygens (including phenoxy) is 1. The van der Waals surface area contributed by atoms with Crippen LogP contribution in [-0.2, 0) is 32.0 Å². The molecule has 0 aromatic heterocycles. The summed E-state index contributed by atoms with van der Waals surface area (Å²) in [7, 11) is 0. The molecule has 0 saturated carbocycles. The molecule has 1 saturated heterocycles. The minimum Gasteiger partial charge on any atom is -0.378 e. The Kier molecular flexibility index (Phi) is 9.81. The molecule has 2 amide bonds. The maximum Gasteiger partial charge on any atom is 0.348 e. The predicted molar refractivity (Wildman–Crippen MR) is 128 cm³/mol. The molecule has 3 rings (SSSR count). The van der Waals surface area contributed by atoms with Crippen molar-refractivity contribution in [1.82, 2.24) is 10.2 Å². The second-order valence-electron chi connectivity index (χ2n) is 8.12. The van der Waals surface area contributed by atoms with Crippen LogP contribution in [0.25, 0.3) is 0 Å². The van der Waals surface area contributed by atoms with Gasteiger partial charge in [0.15, 0.2) is 5.78 Å². The highest BCUT2D eigenvalue weighted by Gasteiger charge is 2.29. The number of hydrogen-bond donors (Lipinski definition) is 2. The van der Waals surface area contributed by atoms with Crippen molar-refractivity contribution in [2.75, 3.05) is 26.3 Å². The monoisotopic (exact) mass is 465 g/mol. The van der Waals surface area contributed by atoms with E-state index in [1.165, 1.54) is 6.08 Å². The van der Waals surface area contributed by atoms with E-state index in [0.29, 0.717) is 45.6 Å². The van der Waals surface area contributed by atoms with Crippen molar-refractivity contribution in [1.29, 1.82) is 0 Å². The highest BCUT2D eigenvalue weighted by atomic mass is 16.7. The number of aryl methyl sites for hydroxylation is 1. The Morgan fingerprint density at radius 2 is 1.62 bits per heavy atom. The number of carbonyl (C=O) groups is 3. The highest BCUT2D eigenvalue weighted by Crippen LogP contribution is 2.17. The quantitative estimate of drug-likeness (QED) is 0.412. The summed E-state index contributed by atoms with van der Waals surface area (Å²) in [6.07, 6.45) is 4.12. The fraction of sp³-hybridized carbons (Fsp3) is 0.346. The van der Waals surface area contributed by atoms with Crippen molar-refractivity contribution >= 4 is 17.8 Å². The molecule has 180 valence electrons. The number of morpholine rings is 1. The number of ketones is 1. The number of nitrogens with one attached hydrogen (secondary N) is 1. The number of benzene rings is 2. The normalized spacial score (nSPS) is 15.5. The third-order valence-corrected chi connectivity index (χ3v) is 5.76. The van der Waals surface area contributed by atoms with Crippen LogP contribution in [0, 0.1) is 5.92 Å². The van der Waals surface area contributed by atoms with Crippen LogP contribution in [0.3, 0.4) is 0 Å². The molecule has 2 unspecified atom stereocenters. The fourth-order valence-electron chi connectivity index (χ4n) is 3.87. The van der Waals surface area contributed by atoms with Crippen molar-refractivity contribution < 1.29 is 24.0 Å². The van der Waals surface area contributed by atoms with Gasteiger partial charge in [-0.05, 0) is 30.4 Å². The zero-order valence-corrected chi connectivity index (χ0v) is 19.1. The van der Waals surface area contributed by atoms with Gasteiger partial charge < -0.3 is 19.8 Å². The molecular formula is C26H31N3O5. The first-order chi connectivity index (χ1) is 16.6. The van der Waals surface area contributed by atoms with Crippen LogP contribution in [0.1, 0.15) is 17.5 Å². The first-order valence-electron chi connectivity index (χ1n) is 11.4. The van der Waals surface area contributed by atoms with E-state index in [4.69, 9.17) is 10.6 Å². The minimum absolute atomic E-state index is 0.178. The molecule has 1 aliphatic rings. The van der Waals surface area contributed by atoms with Crippen molar-refractivity contribution in [2.24, 2.45) is 11.8 Å². The van der Waals surface area contributed by atoms with Gasteiger partial charge in [-0.25, -0.2) is 9.59 Å². The van der Waals surface area contributed by atoms with Crippen LogP contribution in [0.15, 0.2) is 72.8 Å². The summed E-state index contributed by atoms with van der Waals surface area (Å²) < 4.78 is 5.32. The van der Waals surface area contributed by atoms with Crippen molar-refractivity contribution in [3.05, 3.63) is 83.9 Å². The average Bonchev–Trinajstić information content (AvgIpc) is 2.89. The summed E-state index contributed by atoms with van der Waals surface area (Å²) in [5.74, 6) is 3.42. The minimum atomic E-state index is -0.767. The molecule has 8 nitrogen and oxygen atoms in total. The Balaban J connectivity index is 1.80. The van der Waals surface area contributed by atoms with Crippen molar-refractivity contribution in [3.63, 3.8) is 0 Å². The third-order valence-electron chi connectivity index (χ3n) is 5.76. The second kappa shape index (κ2) is 13.3. The van der Waals surface area contributed by atoms with E-state index < -0.39 is 17.9 Å². The van der Waals surface area contributed by atoms with Crippen molar-refractivity contribution in [2.45, 2.75) is 25.3 Å². The van der Waals surface area contributed by atoms with Crippen LogP contribution >= 0.6 is 0 Å². The Morgan fingerprint density at radius 1 is 1.00 bits per heavy atom. The third kappa shape index (κ3) is 7.83. The molecule has 2 aromatic rings. The fourth-order valence-corrected chi connectivity index (χ4v) is 3.87. The van der Waals surface area contributed by atoms with Gasteiger partial charge >= 0.3 is 12.0 Å². The lowest BCUT2D eigenvalue weighted by atomic mass is 9.88. The van der Waals surface area contributed by atoms with Gasteiger partial charge in [-0.1, -0.05) is 66.7 Å². The number of rotatable bonds is 10. The Labute approximate surface area is 199 Å². The maximum absolute atomic E-state index is 13.7. The number of nitrogens with two attached hydrogens (primary N) is 1. The van der Waals surface area contributed by atoms with Crippen LogP contribution in [0.5, 0.6) is 0 Å². The molecular weight excluding hydrogens is 434 g/mol. The smallest absolute Gasteiger partial charge is 0.348 e. The lowest BCUT2D eigenvalue weighted by Gasteiger charge is -2.30. The lowest BCUT2D eigenvalue weighted by Crippen LogP contribution is -2.52. The van der Waals surface area contributed by atoms with Crippen LogP contribution in [-0.4, -0.2) is 55.0 Å². The lowest BCUT2D eigenvalue weighted by molar-refractivity contribution is -0.138. The van der Waals surface area contributed by atoms with E-state index in [-0.39, 0.29) is 11.8 Å². The van der Waals surface area contributed by atoms with Gasteiger partial charge in [0.2, 0.25) is 0 Å². The average molecular weight is 466 g/mol. The zero-order chi connectivity index (χ0) is 24.2. The van der Waals surface area contributed by atoms with Crippen molar-refractivity contribution in [3.8, 4) is 0 Å². The van der Waals surface area contributed by atoms with Gasteiger partial charge in [-0.2, -0.15) is 5.90 Å². The van der Waals surface area contributed by atoms with Gasteiger partial charge in [-0.15, -0.1) is 0 Å². The number of nitrogens with zero attached hydrogens (tertiary/aromatic N) is 1. The highest BCUT2D eigenvalue weighted by molar-refractivity contribution is 5.92. The molecule has 1 aliphatic heterocycles. The molecule has 34 heavy (non-hydrogen) atoms. The number of urea groups is 1. The van der Waals surface area contributed by atoms with Crippen LogP contribution < -0.4 is 11.2 Å². The summed E-state index contributed by atoms with van der Waals surface area (Å²) in [5.41, 5.74) is 2.00. The molecule has 2 aromatic carbocycles. The number of hydrogen-bond acceptors (Lipinski definition) is 6. The Morgan fingerprint density at radius 3 is 2.24 bits per heavy atom. The van der Waals surface area contributed by atoms with Crippen LogP contribution in [0.2, 0.25) is 0 Å². The molecule has 3 N–H and O–H groups in total. The first kappa shape index (κ1) is 25.1. The summed E-state index contributed by atoms with van der Waals surface area (Å²) >= 11 is 0. The van der Waals surface area contributed by atoms with E-state index in [0.717, 1.165) is 17.2 Å². The zero-order valence-electron chi connectivity index (χ0n) is 19.1. The Hall–Kier alpha value is -3.49. The molecule has 2 atom stereocenters. The largest absolute Gasteiger partial charge is 0.378 e. The summed E-state index contributed by atoms with van der Waals surface area (Å²) in [6, 6.07) is 18.2. The standard InChI is InChI=1S/C26H31N3O5/c27-34-24(30)14-13-22(12-11-20-7-3-1-4-8-20)25(31)23(19-21-9-5-2-6-10-21)28-26(32)29-15-17-33-18-16-29/h1-10,13-14,22-23H,11-12,15-19,27H2,(H,28,32). The van der Waals surface area contributed by atoms with E-state index in [9.17, 15) is 14.4 Å². The maximum atomic E-state index is 13.7. The van der Waals surface area contributed by atoms with Crippen LogP contribution in [0.4, 0.5) is 4.79 Å². The molecule has 0 radical (unpaired) electrons. The van der Waals surface area contributed by atoms with Gasteiger partial charge in [0.1, 0.15) is 0 Å². The number of carbonyl (C=O) groups excluding carboxylic acids is 3. The van der Waals surface area contributed by atoms with E-state index in [1.54, 1.807) is 4.90 Å². The van der Waals surface area contributed by atoms with Gasteiger partial charge in [0, 0.05) is 25.1 Å². The summed E-state index contributed by atoms with van der Waals surface area (Å²) in [6.45, 7) is 1.87. The van der Waals surface area contributed by atoms with Gasteiger partial charge in [0.25, 0.3) is 0 Å². The number of allylic oxidation sites excluding steroid dienone is 1. The van der Waals surface area contributed by atoms with Gasteiger partial charge in [-0.3, -0.25) is 4.79 Å². The number of Topliss-reactive ketones (excluding diaryl/α,β-unsaturated/α-hetero) is 1. The molecule has 8 heteroatoms. The molecule has 1 heterocycles. The second-order valence-corrected chi connectivity index (χ2v) is 8.12. The Bertz CT molecular complexity index is 959.